The van der Waals surface area contributed by atoms with Gasteiger partial charge in [0.2, 0.25) is 0 Å². The average Bonchev–Trinajstić information content (AvgIpc) is 2.62. The van der Waals surface area contributed by atoms with Crippen LogP contribution in [0, 0.1) is 0 Å². The Labute approximate surface area is 130 Å². The van der Waals surface area contributed by atoms with Gasteiger partial charge in [-0.3, -0.25) is 9.78 Å². The molecule has 5 nitrogen and oxygen atoms in total. The molecule has 0 saturated carbocycles. The average molecular weight is 296 g/mol. The highest BCUT2D eigenvalue weighted by Crippen LogP contribution is 2.29. The monoisotopic (exact) mass is 296 g/mol. The summed E-state index contributed by atoms with van der Waals surface area (Å²) in [4.78, 5) is 23.1. The number of carbonyl (C=O) groups excluding carboxylic acids is 1. The van der Waals surface area contributed by atoms with Crippen molar-refractivity contribution < 1.29 is 4.79 Å². The first-order valence-electron chi connectivity index (χ1n) is 7.62. The number of nitrogens with one attached hydrogen (secondary N) is 1. The molecule has 1 amide bonds. The van der Waals surface area contributed by atoms with Gasteiger partial charge in [0.1, 0.15) is 5.82 Å². The van der Waals surface area contributed by atoms with E-state index in [-0.39, 0.29) is 5.91 Å². The molecule has 3 rings (SSSR count). The maximum absolute atomic E-state index is 12.0. The number of nitrogens with zero attached hydrogens (tertiary/aromatic N) is 3. The van der Waals surface area contributed by atoms with E-state index in [1.807, 2.05) is 24.4 Å². The molecule has 1 N–H and O–H groups in total. The van der Waals surface area contributed by atoms with E-state index in [9.17, 15) is 4.79 Å². The van der Waals surface area contributed by atoms with Crippen molar-refractivity contribution in [2.45, 2.75) is 18.8 Å². The van der Waals surface area contributed by atoms with Crippen molar-refractivity contribution in [1.82, 2.24) is 15.3 Å². The molecule has 0 bridgehead atoms. The zero-order chi connectivity index (χ0) is 15.4. The molecule has 114 valence electrons. The molecule has 5 heteroatoms. The zero-order valence-electron chi connectivity index (χ0n) is 12.7. The molecule has 3 heterocycles. The van der Waals surface area contributed by atoms with E-state index < -0.39 is 0 Å². The minimum absolute atomic E-state index is 0.0880. The van der Waals surface area contributed by atoms with Crippen molar-refractivity contribution in [3.8, 4) is 0 Å². The molecule has 1 saturated heterocycles. The van der Waals surface area contributed by atoms with Crippen LogP contribution in [0.5, 0.6) is 0 Å². The van der Waals surface area contributed by atoms with Crippen LogP contribution in [0.2, 0.25) is 0 Å². The molecule has 0 radical (unpaired) electrons. The van der Waals surface area contributed by atoms with Gasteiger partial charge in [0, 0.05) is 44.1 Å². The first kappa shape index (κ1) is 14.5. The third-order valence-corrected chi connectivity index (χ3v) is 4.16. The van der Waals surface area contributed by atoms with Crippen molar-refractivity contribution in [2.24, 2.45) is 0 Å². The van der Waals surface area contributed by atoms with Crippen LogP contribution in [0.25, 0.3) is 0 Å². The van der Waals surface area contributed by atoms with Gasteiger partial charge >= 0.3 is 0 Å². The first-order chi connectivity index (χ1) is 10.8. The number of pyridine rings is 2. The van der Waals surface area contributed by atoms with E-state index in [0.717, 1.165) is 37.4 Å². The van der Waals surface area contributed by atoms with Gasteiger partial charge in [0.05, 0.1) is 5.56 Å². The molecular formula is C17H20N4O. The molecule has 0 spiro atoms. The second-order valence-electron chi connectivity index (χ2n) is 5.47. The number of hydrogen-bond acceptors (Lipinski definition) is 4. The molecule has 0 aromatic carbocycles. The van der Waals surface area contributed by atoms with Crippen molar-refractivity contribution in [1.29, 1.82) is 0 Å². The number of carbonyl (C=O) groups is 1. The van der Waals surface area contributed by atoms with Gasteiger partial charge in [-0.2, -0.15) is 0 Å². The van der Waals surface area contributed by atoms with Crippen LogP contribution in [0.15, 0.2) is 42.7 Å². The molecule has 1 aliphatic heterocycles. The van der Waals surface area contributed by atoms with Gasteiger partial charge in [0.15, 0.2) is 0 Å². The van der Waals surface area contributed by atoms with Crippen LogP contribution in [0.4, 0.5) is 5.82 Å². The quantitative estimate of drug-likeness (QED) is 0.943. The SMILES string of the molecule is CNC(=O)c1cccnc1N1CCC(c2ccccn2)CC1. The van der Waals surface area contributed by atoms with Gasteiger partial charge in [-0.05, 0) is 37.1 Å². The number of aromatic nitrogens is 2. The number of anilines is 1. The lowest BCUT2D eigenvalue weighted by Gasteiger charge is -2.33. The van der Waals surface area contributed by atoms with Crippen LogP contribution in [0.1, 0.15) is 34.8 Å². The van der Waals surface area contributed by atoms with E-state index in [1.54, 1.807) is 19.3 Å². The van der Waals surface area contributed by atoms with Crippen molar-refractivity contribution >= 4 is 11.7 Å². The van der Waals surface area contributed by atoms with Crippen molar-refractivity contribution in [3.05, 3.63) is 54.0 Å². The second kappa shape index (κ2) is 6.56. The number of hydrogen-bond donors (Lipinski definition) is 1. The smallest absolute Gasteiger partial charge is 0.254 e. The summed E-state index contributed by atoms with van der Waals surface area (Å²) in [7, 11) is 1.65. The van der Waals surface area contributed by atoms with E-state index in [1.165, 1.54) is 0 Å². The molecule has 2 aromatic heterocycles. The van der Waals surface area contributed by atoms with E-state index >= 15 is 0 Å². The van der Waals surface area contributed by atoms with Crippen molar-refractivity contribution in [3.63, 3.8) is 0 Å². The summed E-state index contributed by atoms with van der Waals surface area (Å²) in [5, 5.41) is 2.68. The fraction of sp³-hybridized carbons (Fsp3) is 0.353. The number of piperidine rings is 1. The summed E-state index contributed by atoms with van der Waals surface area (Å²) in [6.07, 6.45) is 5.65. The molecule has 2 aromatic rings. The highest BCUT2D eigenvalue weighted by atomic mass is 16.1. The van der Waals surface area contributed by atoms with E-state index in [0.29, 0.717) is 11.5 Å². The summed E-state index contributed by atoms with van der Waals surface area (Å²) in [5.41, 5.74) is 1.80. The Morgan fingerprint density at radius 3 is 2.59 bits per heavy atom. The summed E-state index contributed by atoms with van der Waals surface area (Å²) >= 11 is 0. The van der Waals surface area contributed by atoms with Crippen LogP contribution in [-0.4, -0.2) is 36.0 Å². The third-order valence-electron chi connectivity index (χ3n) is 4.16. The molecule has 0 atom stereocenters. The second-order valence-corrected chi connectivity index (χ2v) is 5.47. The van der Waals surface area contributed by atoms with Gasteiger partial charge in [-0.25, -0.2) is 4.98 Å². The highest BCUT2D eigenvalue weighted by Gasteiger charge is 2.24. The van der Waals surface area contributed by atoms with Gasteiger partial charge in [0.25, 0.3) is 5.91 Å². The minimum atomic E-state index is -0.0880. The summed E-state index contributed by atoms with van der Waals surface area (Å²) in [5.74, 6) is 1.18. The molecular weight excluding hydrogens is 276 g/mol. The number of rotatable bonds is 3. The van der Waals surface area contributed by atoms with Crippen LogP contribution >= 0.6 is 0 Å². The van der Waals surface area contributed by atoms with Crippen LogP contribution < -0.4 is 10.2 Å². The van der Waals surface area contributed by atoms with Crippen molar-refractivity contribution in [2.75, 3.05) is 25.0 Å². The molecule has 0 aliphatic carbocycles. The van der Waals surface area contributed by atoms with E-state index in [2.05, 4.69) is 26.3 Å². The lowest BCUT2D eigenvalue weighted by atomic mass is 9.93. The lowest BCUT2D eigenvalue weighted by Crippen LogP contribution is -2.35. The molecule has 1 fully saturated rings. The summed E-state index contributed by atoms with van der Waals surface area (Å²) in [6, 6.07) is 9.71. The Bertz CT molecular complexity index is 636. The van der Waals surface area contributed by atoms with Gasteiger partial charge < -0.3 is 10.2 Å². The van der Waals surface area contributed by atoms with Gasteiger partial charge in [-0.15, -0.1) is 0 Å². The Hall–Kier alpha value is -2.43. The largest absolute Gasteiger partial charge is 0.356 e. The Morgan fingerprint density at radius 1 is 1.14 bits per heavy atom. The fourth-order valence-electron chi connectivity index (χ4n) is 2.97. The first-order valence-corrected chi connectivity index (χ1v) is 7.62. The minimum Gasteiger partial charge on any atom is -0.356 e. The van der Waals surface area contributed by atoms with E-state index in [4.69, 9.17) is 0 Å². The van der Waals surface area contributed by atoms with Crippen LogP contribution in [-0.2, 0) is 0 Å². The maximum atomic E-state index is 12.0. The maximum Gasteiger partial charge on any atom is 0.254 e. The normalized spacial score (nSPS) is 15.6. The standard InChI is InChI=1S/C17H20N4O/c1-18-17(22)14-5-4-10-20-16(14)21-11-7-13(8-12-21)15-6-2-3-9-19-15/h2-6,9-10,13H,7-8,11-12H2,1H3,(H,18,22). The Morgan fingerprint density at radius 2 is 1.91 bits per heavy atom. The lowest BCUT2D eigenvalue weighted by molar-refractivity contribution is 0.0963. The molecule has 1 aliphatic rings. The Balaban J connectivity index is 1.73. The number of amides is 1. The molecule has 22 heavy (non-hydrogen) atoms. The van der Waals surface area contributed by atoms with Crippen LogP contribution in [0.3, 0.4) is 0 Å². The fourth-order valence-corrected chi connectivity index (χ4v) is 2.97. The predicted octanol–water partition coefficient (Wildman–Crippen LogP) is 2.22. The van der Waals surface area contributed by atoms with Gasteiger partial charge in [-0.1, -0.05) is 6.07 Å². The summed E-state index contributed by atoms with van der Waals surface area (Å²) < 4.78 is 0. The predicted molar refractivity (Wildman–Crippen MR) is 86.1 cm³/mol. The topological polar surface area (TPSA) is 58.1 Å². The Kier molecular flexibility index (Phi) is 4.32. The summed E-state index contributed by atoms with van der Waals surface area (Å²) in [6.45, 7) is 1.78. The third kappa shape index (κ3) is 2.93. The zero-order valence-corrected chi connectivity index (χ0v) is 12.7. The highest BCUT2D eigenvalue weighted by molar-refractivity contribution is 5.98. The molecule has 0 unspecified atom stereocenters.